The van der Waals surface area contributed by atoms with E-state index in [4.69, 9.17) is 0 Å². The number of nitrogens with zero attached hydrogens (tertiary/aromatic N) is 1. The minimum absolute atomic E-state index is 0.394. The molecule has 0 aromatic carbocycles. The highest BCUT2D eigenvalue weighted by Crippen LogP contribution is 2.18. The van der Waals surface area contributed by atoms with Crippen LogP contribution in [0.4, 0.5) is 0 Å². The zero-order chi connectivity index (χ0) is 12.3. The van der Waals surface area contributed by atoms with Gasteiger partial charge in [-0.3, -0.25) is 0 Å². The Kier molecular flexibility index (Phi) is 4.19. The van der Waals surface area contributed by atoms with Crippen molar-refractivity contribution in [1.29, 1.82) is 0 Å². The van der Waals surface area contributed by atoms with Gasteiger partial charge in [0.1, 0.15) is 0 Å². The van der Waals surface area contributed by atoms with Gasteiger partial charge in [0.2, 0.25) is 0 Å². The van der Waals surface area contributed by atoms with Gasteiger partial charge in [0.05, 0.1) is 0 Å². The summed E-state index contributed by atoms with van der Waals surface area (Å²) in [5, 5.41) is 1.95. The molecule has 1 aliphatic heterocycles. The molecule has 1 aromatic heterocycles. The van der Waals surface area contributed by atoms with Crippen LogP contribution in [-0.2, 0) is 16.8 Å². The van der Waals surface area contributed by atoms with E-state index in [0.29, 0.717) is 25.6 Å². The van der Waals surface area contributed by atoms with E-state index >= 15 is 0 Å². The van der Waals surface area contributed by atoms with E-state index in [0.717, 1.165) is 17.7 Å². The molecule has 0 unspecified atom stereocenters. The fraction of sp³-hybridized carbons (Fsp3) is 0.636. The Labute approximate surface area is 107 Å². The maximum atomic E-state index is 12.0. The molecule has 1 aliphatic rings. The van der Waals surface area contributed by atoms with Crippen LogP contribution in [0.2, 0.25) is 0 Å². The summed E-state index contributed by atoms with van der Waals surface area (Å²) in [6, 6.07) is 3.86. The Morgan fingerprint density at radius 2 is 2.41 bits per heavy atom. The molecule has 4 nitrogen and oxygen atoms in total. The first-order valence-corrected chi connectivity index (χ1v) is 8.17. The number of hydrogen-bond donors (Lipinski definition) is 1. The maximum Gasteiger partial charge on any atom is 0.279 e. The van der Waals surface area contributed by atoms with E-state index in [1.165, 1.54) is 0 Å². The van der Waals surface area contributed by atoms with Crippen molar-refractivity contribution in [1.82, 2.24) is 9.03 Å². The summed E-state index contributed by atoms with van der Waals surface area (Å²) in [5.41, 5.74) is 0. The molecule has 0 radical (unpaired) electrons. The van der Waals surface area contributed by atoms with Crippen LogP contribution in [0.25, 0.3) is 0 Å². The van der Waals surface area contributed by atoms with E-state index in [9.17, 15) is 8.42 Å². The topological polar surface area (TPSA) is 49.4 Å². The standard InChI is InChI=1S/C11H18N2O2S2/c1-10-4-2-6-13(9-10)17(14,15)12-8-11-5-3-7-16-11/h3,5,7,10,12H,2,4,6,8-9H2,1H3/t10-/m1/s1. The molecule has 0 amide bonds. The molecular weight excluding hydrogens is 256 g/mol. The van der Waals surface area contributed by atoms with Crippen LogP contribution in [0, 0.1) is 5.92 Å². The smallest absolute Gasteiger partial charge is 0.197 e. The maximum absolute atomic E-state index is 12.0. The fourth-order valence-electron chi connectivity index (χ4n) is 2.03. The molecule has 2 rings (SSSR count). The Balaban J connectivity index is 1.94. The Hall–Kier alpha value is -0.430. The molecule has 0 spiro atoms. The minimum atomic E-state index is -3.30. The Morgan fingerprint density at radius 3 is 3.06 bits per heavy atom. The van der Waals surface area contributed by atoms with Gasteiger partial charge >= 0.3 is 0 Å². The molecule has 1 fully saturated rings. The zero-order valence-corrected chi connectivity index (χ0v) is 11.6. The molecular formula is C11H18N2O2S2. The molecule has 0 bridgehead atoms. The molecule has 1 saturated heterocycles. The van der Waals surface area contributed by atoms with Crippen molar-refractivity contribution in [2.75, 3.05) is 13.1 Å². The highest BCUT2D eigenvalue weighted by Gasteiger charge is 2.26. The molecule has 1 N–H and O–H groups in total. The van der Waals surface area contributed by atoms with Crippen LogP contribution in [0.15, 0.2) is 17.5 Å². The Bertz CT molecular complexity index is 442. The van der Waals surface area contributed by atoms with Gasteiger partial charge in [-0.2, -0.15) is 17.4 Å². The van der Waals surface area contributed by atoms with Crippen LogP contribution in [-0.4, -0.2) is 25.8 Å². The van der Waals surface area contributed by atoms with Crippen molar-refractivity contribution in [3.63, 3.8) is 0 Å². The molecule has 96 valence electrons. The first-order valence-electron chi connectivity index (χ1n) is 5.85. The van der Waals surface area contributed by atoms with Crippen LogP contribution in [0.1, 0.15) is 24.6 Å². The highest BCUT2D eigenvalue weighted by atomic mass is 32.2. The summed E-state index contributed by atoms with van der Waals surface area (Å²) in [5.74, 6) is 0.460. The molecule has 6 heteroatoms. The van der Waals surface area contributed by atoms with E-state index in [1.54, 1.807) is 15.6 Å². The molecule has 17 heavy (non-hydrogen) atoms. The monoisotopic (exact) mass is 274 g/mol. The number of piperidine rings is 1. The number of hydrogen-bond acceptors (Lipinski definition) is 3. The van der Waals surface area contributed by atoms with E-state index in [2.05, 4.69) is 11.6 Å². The van der Waals surface area contributed by atoms with Gasteiger partial charge in [0.15, 0.2) is 0 Å². The molecule has 2 heterocycles. The van der Waals surface area contributed by atoms with E-state index in [-0.39, 0.29) is 0 Å². The zero-order valence-electron chi connectivity index (χ0n) is 9.93. The summed E-state index contributed by atoms with van der Waals surface area (Å²) in [6.45, 7) is 3.77. The fourth-order valence-corrected chi connectivity index (χ4v) is 4.11. The van der Waals surface area contributed by atoms with Gasteiger partial charge in [-0.15, -0.1) is 11.3 Å². The minimum Gasteiger partial charge on any atom is -0.197 e. The first-order chi connectivity index (χ1) is 8.08. The number of nitrogens with one attached hydrogen (secondary N) is 1. The molecule has 1 aromatic rings. The summed E-state index contributed by atoms with van der Waals surface area (Å²) in [7, 11) is -3.30. The number of thiophene rings is 1. The van der Waals surface area contributed by atoms with Crippen molar-refractivity contribution in [2.24, 2.45) is 5.92 Å². The SMILES string of the molecule is C[C@@H]1CCCN(S(=O)(=O)NCc2cccs2)C1. The largest absolute Gasteiger partial charge is 0.279 e. The van der Waals surface area contributed by atoms with Crippen molar-refractivity contribution in [3.05, 3.63) is 22.4 Å². The van der Waals surface area contributed by atoms with Gasteiger partial charge in [-0.05, 0) is 30.2 Å². The summed E-state index contributed by atoms with van der Waals surface area (Å²) >= 11 is 1.57. The van der Waals surface area contributed by atoms with E-state index < -0.39 is 10.2 Å². The third-order valence-corrected chi connectivity index (χ3v) is 5.37. The second kappa shape index (κ2) is 5.48. The van der Waals surface area contributed by atoms with Gasteiger partial charge < -0.3 is 0 Å². The van der Waals surface area contributed by atoms with Crippen molar-refractivity contribution < 1.29 is 8.42 Å². The van der Waals surface area contributed by atoms with Crippen molar-refractivity contribution in [2.45, 2.75) is 26.3 Å². The average Bonchev–Trinajstić information content (AvgIpc) is 2.79. The van der Waals surface area contributed by atoms with Gasteiger partial charge in [0.25, 0.3) is 10.2 Å². The lowest BCUT2D eigenvalue weighted by molar-refractivity contribution is 0.278. The van der Waals surface area contributed by atoms with E-state index in [1.807, 2.05) is 17.5 Å². The quantitative estimate of drug-likeness (QED) is 0.910. The lowest BCUT2D eigenvalue weighted by Crippen LogP contribution is -2.45. The van der Waals surface area contributed by atoms with Crippen LogP contribution in [0.3, 0.4) is 0 Å². The third kappa shape index (κ3) is 3.51. The second-order valence-corrected chi connectivity index (χ2v) is 7.30. The molecule has 0 aliphatic carbocycles. The predicted molar refractivity (Wildman–Crippen MR) is 70.0 cm³/mol. The summed E-state index contributed by atoms with van der Waals surface area (Å²) in [6.07, 6.45) is 2.08. The van der Waals surface area contributed by atoms with Crippen LogP contribution < -0.4 is 4.72 Å². The number of rotatable bonds is 4. The highest BCUT2D eigenvalue weighted by molar-refractivity contribution is 7.87. The van der Waals surface area contributed by atoms with Crippen molar-refractivity contribution >= 4 is 21.5 Å². The molecule has 0 saturated carbocycles. The van der Waals surface area contributed by atoms with Gasteiger partial charge in [-0.1, -0.05) is 13.0 Å². The van der Waals surface area contributed by atoms with Crippen LogP contribution in [0.5, 0.6) is 0 Å². The third-order valence-electron chi connectivity index (χ3n) is 2.97. The van der Waals surface area contributed by atoms with Crippen molar-refractivity contribution in [3.8, 4) is 0 Å². The lowest BCUT2D eigenvalue weighted by Gasteiger charge is -2.29. The Morgan fingerprint density at radius 1 is 1.59 bits per heavy atom. The summed E-state index contributed by atoms with van der Waals surface area (Å²) in [4.78, 5) is 1.04. The lowest BCUT2D eigenvalue weighted by atomic mass is 10.0. The second-order valence-electron chi connectivity index (χ2n) is 4.51. The average molecular weight is 274 g/mol. The van der Waals surface area contributed by atoms with Crippen LogP contribution >= 0.6 is 11.3 Å². The first kappa shape index (κ1) is 13.0. The van der Waals surface area contributed by atoms with Gasteiger partial charge in [0, 0.05) is 24.5 Å². The normalized spacial score (nSPS) is 22.8. The predicted octanol–water partition coefficient (Wildman–Crippen LogP) is 1.81. The molecule has 1 atom stereocenters. The summed E-state index contributed by atoms with van der Waals surface area (Å²) < 4.78 is 28.3. The van der Waals surface area contributed by atoms with Gasteiger partial charge in [-0.25, -0.2) is 0 Å².